The number of amides is 1. The molecule has 1 amide bonds. The SMILES string of the molecule is Cc1cccc(C)c1NC(=O)CN(C)CC1CCCCC1O. The molecule has 2 atom stereocenters. The Kier molecular flexibility index (Phi) is 5.98. The molecule has 1 aliphatic carbocycles. The van der Waals surface area contributed by atoms with Crippen molar-refractivity contribution < 1.29 is 9.90 Å². The normalized spacial score (nSPS) is 21.9. The molecule has 1 aromatic rings. The molecule has 0 heterocycles. The number of aliphatic hydroxyl groups is 1. The predicted molar refractivity (Wildman–Crippen MR) is 90.0 cm³/mol. The first-order valence-electron chi connectivity index (χ1n) is 8.20. The molecule has 1 aromatic carbocycles. The quantitative estimate of drug-likeness (QED) is 0.879. The summed E-state index contributed by atoms with van der Waals surface area (Å²) in [5.74, 6) is 0.303. The van der Waals surface area contributed by atoms with Crippen LogP contribution in [0.15, 0.2) is 18.2 Å². The number of hydrogen-bond donors (Lipinski definition) is 2. The molecule has 4 heteroatoms. The van der Waals surface area contributed by atoms with Gasteiger partial charge >= 0.3 is 0 Å². The van der Waals surface area contributed by atoms with E-state index < -0.39 is 0 Å². The second-order valence-corrected chi connectivity index (χ2v) is 6.62. The van der Waals surface area contributed by atoms with Crippen molar-refractivity contribution in [3.63, 3.8) is 0 Å². The number of para-hydroxylation sites is 1. The van der Waals surface area contributed by atoms with Gasteiger partial charge in [-0.1, -0.05) is 31.0 Å². The van der Waals surface area contributed by atoms with Crippen LogP contribution in [0.2, 0.25) is 0 Å². The van der Waals surface area contributed by atoms with Gasteiger partial charge in [-0.2, -0.15) is 0 Å². The van der Waals surface area contributed by atoms with Crippen LogP contribution in [-0.4, -0.2) is 42.2 Å². The van der Waals surface area contributed by atoms with Gasteiger partial charge in [-0.3, -0.25) is 9.69 Å². The molecule has 122 valence electrons. The first-order valence-corrected chi connectivity index (χ1v) is 8.20. The van der Waals surface area contributed by atoms with Crippen LogP contribution in [0.25, 0.3) is 0 Å². The van der Waals surface area contributed by atoms with E-state index in [2.05, 4.69) is 5.32 Å². The highest BCUT2D eigenvalue weighted by molar-refractivity contribution is 5.93. The highest BCUT2D eigenvalue weighted by Crippen LogP contribution is 2.25. The first-order chi connectivity index (χ1) is 10.5. The molecule has 0 bridgehead atoms. The Labute approximate surface area is 133 Å². The van der Waals surface area contributed by atoms with Crippen molar-refractivity contribution in [3.05, 3.63) is 29.3 Å². The molecule has 0 saturated heterocycles. The minimum atomic E-state index is -0.210. The van der Waals surface area contributed by atoms with Crippen LogP contribution in [0.3, 0.4) is 0 Å². The highest BCUT2D eigenvalue weighted by Gasteiger charge is 2.24. The van der Waals surface area contributed by atoms with Crippen LogP contribution >= 0.6 is 0 Å². The van der Waals surface area contributed by atoms with Gasteiger partial charge < -0.3 is 10.4 Å². The number of aryl methyl sites for hydroxylation is 2. The maximum Gasteiger partial charge on any atom is 0.238 e. The third kappa shape index (κ3) is 4.55. The van der Waals surface area contributed by atoms with Crippen LogP contribution < -0.4 is 5.32 Å². The Morgan fingerprint density at radius 2 is 1.91 bits per heavy atom. The topological polar surface area (TPSA) is 52.6 Å². The number of rotatable bonds is 5. The lowest BCUT2D eigenvalue weighted by Crippen LogP contribution is -2.38. The van der Waals surface area contributed by atoms with Gasteiger partial charge in [-0.05, 0) is 50.8 Å². The number of benzene rings is 1. The Hall–Kier alpha value is -1.39. The van der Waals surface area contributed by atoms with E-state index in [9.17, 15) is 9.90 Å². The summed E-state index contributed by atoms with van der Waals surface area (Å²) in [5, 5.41) is 13.0. The molecule has 22 heavy (non-hydrogen) atoms. The zero-order valence-corrected chi connectivity index (χ0v) is 13.9. The van der Waals surface area contributed by atoms with E-state index >= 15 is 0 Å². The fraction of sp³-hybridized carbons (Fsp3) is 0.611. The minimum absolute atomic E-state index is 0.00481. The number of nitrogens with zero attached hydrogens (tertiary/aromatic N) is 1. The van der Waals surface area contributed by atoms with Gasteiger partial charge in [0.05, 0.1) is 12.6 Å². The summed E-state index contributed by atoms with van der Waals surface area (Å²) in [4.78, 5) is 14.3. The van der Waals surface area contributed by atoms with Crippen molar-refractivity contribution in [2.75, 3.05) is 25.5 Å². The summed E-state index contributed by atoms with van der Waals surface area (Å²) in [5.41, 5.74) is 3.08. The zero-order chi connectivity index (χ0) is 16.1. The second kappa shape index (κ2) is 7.75. The standard InChI is InChI=1S/C18H28N2O2/c1-13-7-6-8-14(2)18(13)19-17(22)12-20(3)11-15-9-4-5-10-16(15)21/h6-8,15-16,21H,4-5,9-12H2,1-3H3,(H,19,22). The molecule has 2 rings (SSSR count). The largest absolute Gasteiger partial charge is 0.393 e. The number of anilines is 1. The summed E-state index contributed by atoms with van der Waals surface area (Å²) in [7, 11) is 1.95. The van der Waals surface area contributed by atoms with Gasteiger partial charge in [-0.25, -0.2) is 0 Å². The molecular formula is C18H28N2O2. The van der Waals surface area contributed by atoms with Crippen molar-refractivity contribution in [3.8, 4) is 0 Å². The molecule has 1 aliphatic rings. The molecule has 0 aliphatic heterocycles. The average molecular weight is 304 g/mol. The van der Waals surface area contributed by atoms with Crippen LogP contribution in [0.1, 0.15) is 36.8 Å². The molecular weight excluding hydrogens is 276 g/mol. The van der Waals surface area contributed by atoms with E-state index in [0.717, 1.165) is 42.6 Å². The molecule has 0 radical (unpaired) electrons. The van der Waals surface area contributed by atoms with E-state index in [-0.39, 0.29) is 12.0 Å². The lowest BCUT2D eigenvalue weighted by atomic mass is 9.86. The molecule has 2 unspecified atom stereocenters. The molecule has 4 nitrogen and oxygen atoms in total. The summed E-state index contributed by atoms with van der Waals surface area (Å²) < 4.78 is 0. The van der Waals surface area contributed by atoms with Crippen molar-refractivity contribution >= 4 is 11.6 Å². The first kappa shape index (κ1) is 17.0. The summed E-state index contributed by atoms with van der Waals surface area (Å²) in [6.45, 7) is 5.15. The average Bonchev–Trinajstić information content (AvgIpc) is 2.45. The fourth-order valence-corrected chi connectivity index (χ4v) is 3.30. The Morgan fingerprint density at radius 3 is 2.55 bits per heavy atom. The van der Waals surface area contributed by atoms with Gasteiger partial charge in [0.2, 0.25) is 5.91 Å². The number of aliphatic hydroxyl groups excluding tert-OH is 1. The third-order valence-corrected chi connectivity index (χ3v) is 4.57. The van der Waals surface area contributed by atoms with Gasteiger partial charge in [0.15, 0.2) is 0 Å². The predicted octanol–water partition coefficient (Wildman–Crippen LogP) is 2.72. The molecule has 1 fully saturated rings. The van der Waals surface area contributed by atoms with Crippen LogP contribution in [0.5, 0.6) is 0 Å². The van der Waals surface area contributed by atoms with E-state index in [1.54, 1.807) is 0 Å². The highest BCUT2D eigenvalue weighted by atomic mass is 16.3. The Bertz CT molecular complexity index is 496. The molecule has 1 saturated carbocycles. The summed E-state index contributed by atoms with van der Waals surface area (Å²) in [6, 6.07) is 6.01. The fourth-order valence-electron chi connectivity index (χ4n) is 3.30. The van der Waals surface area contributed by atoms with Crippen LogP contribution in [-0.2, 0) is 4.79 Å². The van der Waals surface area contributed by atoms with Gasteiger partial charge in [0.1, 0.15) is 0 Å². The number of nitrogens with one attached hydrogen (secondary N) is 1. The van der Waals surface area contributed by atoms with E-state index in [4.69, 9.17) is 0 Å². The number of carbonyl (C=O) groups is 1. The third-order valence-electron chi connectivity index (χ3n) is 4.57. The van der Waals surface area contributed by atoms with Crippen molar-refractivity contribution in [1.29, 1.82) is 0 Å². The number of hydrogen-bond acceptors (Lipinski definition) is 3. The number of likely N-dealkylation sites (N-methyl/N-ethyl adjacent to an activating group) is 1. The second-order valence-electron chi connectivity index (χ2n) is 6.62. The van der Waals surface area contributed by atoms with Gasteiger partial charge in [-0.15, -0.1) is 0 Å². The van der Waals surface area contributed by atoms with Crippen LogP contribution in [0.4, 0.5) is 5.69 Å². The lowest BCUT2D eigenvalue weighted by molar-refractivity contribution is -0.117. The van der Waals surface area contributed by atoms with E-state index in [1.807, 2.05) is 44.0 Å². The maximum atomic E-state index is 12.2. The summed E-state index contributed by atoms with van der Waals surface area (Å²) >= 11 is 0. The Morgan fingerprint density at radius 1 is 1.27 bits per heavy atom. The lowest BCUT2D eigenvalue weighted by Gasteiger charge is -2.31. The smallest absolute Gasteiger partial charge is 0.238 e. The van der Waals surface area contributed by atoms with Gasteiger partial charge in [0.25, 0.3) is 0 Å². The van der Waals surface area contributed by atoms with Crippen molar-refractivity contribution in [2.24, 2.45) is 5.92 Å². The van der Waals surface area contributed by atoms with Gasteiger partial charge in [0, 0.05) is 12.2 Å². The van der Waals surface area contributed by atoms with E-state index in [0.29, 0.717) is 12.5 Å². The number of carbonyl (C=O) groups excluding carboxylic acids is 1. The molecule has 0 spiro atoms. The monoisotopic (exact) mass is 304 g/mol. The van der Waals surface area contributed by atoms with Crippen molar-refractivity contribution in [1.82, 2.24) is 4.90 Å². The minimum Gasteiger partial charge on any atom is -0.393 e. The maximum absolute atomic E-state index is 12.2. The molecule has 0 aromatic heterocycles. The van der Waals surface area contributed by atoms with Crippen LogP contribution in [0, 0.1) is 19.8 Å². The molecule has 2 N–H and O–H groups in total. The summed E-state index contributed by atoms with van der Waals surface area (Å²) in [6.07, 6.45) is 4.05. The van der Waals surface area contributed by atoms with E-state index in [1.165, 1.54) is 6.42 Å². The van der Waals surface area contributed by atoms with Crippen molar-refractivity contribution in [2.45, 2.75) is 45.6 Å². The zero-order valence-electron chi connectivity index (χ0n) is 13.9. The Balaban J connectivity index is 1.86.